The number of thiophene rings is 1. The lowest BCUT2D eigenvalue weighted by Gasteiger charge is -2.33. The number of fused-ring (bicyclic) bond motifs is 1. The van der Waals surface area contributed by atoms with Crippen molar-refractivity contribution >= 4 is 34.1 Å². The topological polar surface area (TPSA) is 60.8 Å². The first-order valence-electron chi connectivity index (χ1n) is 12.6. The van der Waals surface area contributed by atoms with E-state index in [-0.39, 0.29) is 17.7 Å². The minimum absolute atomic E-state index is 0.000626. The molecule has 3 aromatic rings. The summed E-state index contributed by atoms with van der Waals surface area (Å²) in [4.78, 5) is 33.3. The van der Waals surface area contributed by atoms with Crippen LogP contribution in [0.15, 0.2) is 42.5 Å². The summed E-state index contributed by atoms with van der Waals surface area (Å²) in [5.41, 5.74) is 2.32. The van der Waals surface area contributed by atoms with E-state index in [1.807, 2.05) is 29.2 Å². The standard InChI is InChI=1S/C27H35N5O2S/c1-20-19-22-5-3-4-6-23(22)32(20)25-8-7-24(35-25)27(34)31-12-9-21(10-13-31)26(33)28-11-14-30-17-15-29(2)16-18-30/h3-8,19,21H,9-18H2,1-2H3,(H,28,33). The normalized spacial score (nSPS) is 18.3. The number of aryl methyl sites for hydroxylation is 1. The highest BCUT2D eigenvalue weighted by Crippen LogP contribution is 2.30. The molecule has 2 fully saturated rings. The van der Waals surface area contributed by atoms with E-state index in [2.05, 4.69) is 51.9 Å². The molecule has 5 rings (SSSR count). The van der Waals surface area contributed by atoms with Crippen LogP contribution in [0.25, 0.3) is 15.9 Å². The molecule has 7 nitrogen and oxygen atoms in total. The van der Waals surface area contributed by atoms with E-state index in [0.717, 1.165) is 66.7 Å². The SMILES string of the molecule is Cc1cc2ccccc2n1-c1ccc(C(=O)N2CCC(C(=O)NCCN3CCN(C)CC3)CC2)s1. The number of hydrogen-bond donors (Lipinski definition) is 1. The molecule has 186 valence electrons. The fourth-order valence-electron chi connectivity index (χ4n) is 5.20. The Bertz CT molecular complexity index is 1190. The van der Waals surface area contributed by atoms with Gasteiger partial charge in [0.25, 0.3) is 5.91 Å². The first kappa shape index (κ1) is 24.0. The highest BCUT2D eigenvalue weighted by Gasteiger charge is 2.28. The van der Waals surface area contributed by atoms with Gasteiger partial charge in [0.2, 0.25) is 5.91 Å². The largest absolute Gasteiger partial charge is 0.355 e. The number of amides is 2. The third kappa shape index (κ3) is 5.29. The highest BCUT2D eigenvalue weighted by molar-refractivity contribution is 7.16. The summed E-state index contributed by atoms with van der Waals surface area (Å²) in [6.45, 7) is 9.29. The van der Waals surface area contributed by atoms with Crippen LogP contribution in [-0.4, -0.2) is 90.5 Å². The number of piperazine rings is 1. The van der Waals surface area contributed by atoms with Crippen molar-refractivity contribution in [2.75, 3.05) is 59.4 Å². The quantitative estimate of drug-likeness (QED) is 0.573. The first-order chi connectivity index (χ1) is 17.0. The number of carbonyl (C=O) groups excluding carboxylic acids is 2. The average molecular weight is 494 g/mol. The summed E-state index contributed by atoms with van der Waals surface area (Å²) in [7, 11) is 2.15. The van der Waals surface area contributed by atoms with Gasteiger partial charge in [-0.15, -0.1) is 11.3 Å². The highest BCUT2D eigenvalue weighted by atomic mass is 32.1. The van der Waals surface area contributed by atoms with Crippen LogP contribution in [0.5, 0.6) is 0 Å². The number of likely N-dealkylation sites (N-methyl/N-ethyl adjacent to an activating group) is 1. The Labute approximate surface area is 211 Å². The summed E-state index contributed by atoms with van der Waals surface area (Å²) >= 11 is 1.54. The van der Waals surface area contributed by atoms with Gasteiger partial charge in [-0.25, -0.2) is 0 Å². The molecule has 0 spiro atoms. The number of likely N-dealkylation sites (tertiary alicyclic amines) is 1. The summed E-state index contributed by atoms with van der Waals surface area (Å²) < 4.78 is 2.22. The average Bonchev–Trinajstić information content (AvgIpc) is 3.48. The van der Waals surface area contributed by atoms with Gasteiger partial charge in [-0.3, -0.25) is 14.5 Å². The predicted octanol–water partition coefficient (Wildman–Crippen LogP) is 3.22. The molecular formula is C27H35N5O2S. The van der Waals surface area contributed by atoms with Gasteiger partial charge in [-0.2, -0.15) is 0 Å². The van der Waals surface area contributed by atoms with Crippen LogP contribution in [0.1, 0.15) is 28.2 Å². The van der Waals surface area contributed by atoms with Crippen LogP contribution in [0, 0.1) is 12.8 Å². The van der Waals surface area contributed by atoms with Crippen molar-refractivity contribution in [3.05, 3.63) is 53.0 Å². The maximum Gasteiger partial charge on any atom is 0.263 e. The van der Waals surface area contributed by atoms with Gasteiger partial charge in [0.1, 0.15) is 5.00 Å². The molecule has 0 atom stereocenters. The van der Waals surface area contributed by atoms with E-state index < -0.39 is 0 Å². The predicted molar refractivity (Wildman–Crippen MR) is 141 cm³/mol. The molecule has 2 amide bonds. The number of carbonyl (C=O) groups is 2. The molecule has 1 aromatic carbocycles. The number of piperidine rings is 1. The number of nitrogens with one attached hydrogen (secondary N) is 1. The first-order valence-corrected chi connectivity index (χ1v) is 13.5. The van der Waals surface area contributed by atoms with Gasteiger partial charge in [-0.05, 0) is 51.1 Å². The Morgan fingerprint density at radius 2 is 1.74 bits per heavy atom. The smallest absolute Gasteiger partial charge is 0.263 e. The Kier molecular flexibility index (Phi) is 7.22. The number of para-hydroxylation sites is 1. The minimum atomic E-state index is -0.000626. The fourth-order valence-corrected chi connectivity index (χ4v) is 6.25. The van der Waals surface area contributed by atoms with Gasteiger partial charge in [0.15, 0.2) is 0 Å². The Balaban J connectivity index is 1.12. The maximum absolute atomic E-state index is 13.2. The van der Waals surface area contributed by atoms with Crippen molar-refractivity contribution in [3.8, 4) is 5.00 Å². The second-order valence-electron chi connectivity index (χ2n) is 9.82. The van der Waals surface area contributed by atoms with Gasteiger partial charge in [0.05, 0.1) is 10.4 Å². The van der Waals surface area contributed by atoms with Crippen LogP contribution in [-0.2, 0) is 4.79 Å². The lowest BCUT2D eigenvalue weighted by Crippen LogP contribution is -2.48. The molecule has 2 aliphatic rings. The van der Waals surface area contributed by atoms with Crippen LogP contribution in [0.3, 0.4) is 0 Å². The Hall–Kier alpha value is -2.68. The maximum atomic E-state index is 13.2. The van der Waals surface area contributed by atoms with E-state index in [1.165, 1.54) is 16.7 Å². The molecule has 0 bridgehead atoms. The summed E-state index contributed by atoms with van der Waals surface area (Å²) in [5.74, 6) is 0.211. The molecule has 2 aromatic heterocycles. The third-order valence-corrected chi connectivity index (χ3v) is 8.45. The molecule has 2 aliphatic heterocycles. The van der Waals surface area contributed by atoms with Crippen molar-refractivity contribution < 1.29 is 9.59 Å². The van der Waals surface area contributed by atoms with Gasteiger partial charge in [0, 0.05) is 69.4 Å². The summed E-state index contributed by atoms with van der Waals surface area (Å²) in [5, 5.41) is 5.39. The van der Waals surface area contributed by atoms with Gasteiger partial charge < -0.3 is 19.7 Å². The number of aromatic nitrogens is 1. The van der Waals surface area contributed by atoms with Crippen molar-refractivity contribution in [1.82, 2.24) is 24.6 Å². The molecule has 8 heteroatoms. The molecular weight excluding hydrogens is 458 g/mol. The van der Waals surface area contributed by atoms with Gasteiger partial charge >= 0.3 is 0 Å². The second kappa shape index (κ2) is 10.5. The lowest BCUT2D eigenvalue weighted by atomic mass is 9.96. The molecule has 0 aliphatic carbocycles. The van der Waals surface area contributed by atoms with E-state index in [4.69, 9.17) is 0 Å². The molecule has 0 saturated carbocycles. The van der Waals surface area contributed by atoms with E-state index in [9.17, 15) is 9.59 Å². The van der Waals surface area contributed by atoms with E-state index in [1.54, 1.807) is 0 Å². The zero-order valence-electron chi connectivity index (χ0n) is 20.7. The van der Waals surface area contributed by atoms with Crippen LogP contribution < -0.4 is 5.32 Å². The molecule has 4 heterocycles. The molecule has 2 saturated heterocycles. The monoisotopic (exact) mass is 493 g/mol. The van der Waals surface area contributed by atoms with E-state index in [0.29, 0.717) is 19.6 Å². The zero-order valence-corrected chi connectivity index (χ0v) is 21.5. The van der Waals surface area contributed by atoms with Crippen LogP contribution in [0.2, 0.25) is 0 Å². The lowest BCUT2D eigenvalue weighted by molar-refractivity contribution is -0.126. The second-order valence-corrected chi connectivity index (χ2v) is 10.9. The van der Waals surface area contributed by atoms with E-state index >= 15 is 0 Å². The zero-order chi connectivity index (χ0) is 24.4. The Morgan fingerprint density at radius 3 is 2.51 bits per heavy atom. The van der Waals surface area contributed by atoms with Crippen molar-refractivity contribution in [2.24, 2.45) is 5.92 Å². The summed E-state index contributed by atoms with van der Waals surface area (Å²) in [6, 6.07) is 14.5. The van der Waals surface area contributed by atoms with Crippen molar-refractivity contribution in [1.29, 1.82) is 0 Å². The van der Waals surface area contributed by atoms with Crippen molar-refractivity contribution in [2.45, 2.75) is 19.8 Å². The molecule has 0 unspecified atom stereocenters. The molecule has 35 heavy (non-hydrogen) atoms. The fraction of sp³-hybridized carbons (Fsp3) is 0.481. The summed E-state index contributed by atoms with van der Waals surface area (Å²) in [6.07, 6.45) is 1.46. The third-order valence-electron chi connectivity index (χ3n) is 7.39. The van der Waals surface area contributed by atoms with Gasteiger partial charge in [-0.1, -0.05) is 18.2 Å². The van der Waals surface area contributed by atoms with Crippen LogP contribution in [0.4, 0.5) is 0 Å². The minimum Gasteiger partial charge on any atom is -0.355 e. The molecule has 0 radical (unpaired) electrons. The van der Waals surface area contributed by atoms with Crippen molar-refractivity contribution in [3.63, 3.8) is 0 Å². The number of rotatable bonds is 6. The number of nitrogens with zero attached hydrogens (tertiary/aromatic N) is 4. The number of benzene rings is 1. The van der Waals surface area contributed by atoms with Crippen LogP contribution >= 0.6 is 11.3 Å². The Morgan fingerprint density at radius 1 is 1.00 bits per heavy atom. The number of hydrogen-bond acceptors (Lipinski definition) is 5. The molecule has 1 N–H and O–H groups in total.